The van der Waals surface area contributed by atoms with Gasteiger partial charge in [0.25, 0.3) is 5.91 Å². The highest BCUT2D eigenvalue weighted by Crippen LogP contribution is 2.41. The molecule has 0 radical (unpaired) electrons. The fraction of sp³-hybridized carbons (Fsp3) is 0.217. The van der Waals surface area contributed by atoms with Crippen LogP contribution in [-0.4, -0.2) is 26.5 Å². The number of pyridine rings is 1. The lowest BCUT2D eigenvalue weighted by atomic mass is 9.98. The molecule has 2 aliphatic heterocycles. The fourth-order valence-corrected chi connectivity index (χ4v) is 3.88. The number of amides is 1. The number of nitrogens with two attached hydrogens (primary N) is 1. The molecule has 4 heterocycles. The molecule has 5 rings (SSSR count). The van der Waals surface area contributed by atoms with Crippen molar-refractivity contribution in [3.63, 3.8) is 0 Å². The van der Waals surface area contributed by atoms with Gasteiger partial charge in [-0.25, -0.2) is 15.0 Å². The smallest absolute Gasteiger partial charge is 0.275 e. The first-order valence-electron chi connectivity index (χ1n) is 10.1. The van der Waals surface area contributed by atoms with Crippen molar-refractivity contribution in [1.82, 2.24) is 20.3 Å². The molecule has 0 saturated heterocycles. The van der Waals surface area contributed by atoms with Gasteiger partial charge in [-0.3, -0.25) is 4.79 Å². The zero-order valence-electron chi connectivity index (χ0n) is 17.6. The summed E-state index contributed by atoms with van der Waals surface area (Å²) in [5, 5.41) is 6.07. The van der Waals surface area contributed by atoms with Crippen molar-refractivity contribution in [1.29, 1.82) is 0 Å². The zero-order chi connectivity index (χ0) is 22.3. The van der Waals surface area contributed by atoms with Crippen LogP contribution in [0.3, 0.4) is 0 Å². The molecule has 4 N–H and O–H groups in total. The molecule has 2 aromatic heterocycles. The monoisotopic (exact) mass is 430 g/mol. The molecule has 9 heteroatoms. The summed E-state index contributed by atoms with van der Waals surface area (Å²) in [4.78, 5) is 25.2. The van der Waals surface area contributed by atoms with Gasteiger partial charge in [0.15, 0.2) is 6.23 Å². The lowest BCUT2D eigenvalue weighted by molar-refractivity contribution is -0.113. The normalized spacial score (nSPS) is 18.1. The van der Waals surface area contributed by atoms with E-state index in [2.05, 4.69) is 25.6 Å². The van der Waals surface area contributed by atoms with E-state index < -0.39 is 6.23 Å². The van der Waals surface area contributed by atoms with Crippen LogP contribution in [0.4, 0.5) is 11.5 Å². The molecule has 0 aliphatic carbocycles. The number of nitrogens with zero attached hydrogens (tertiary/aromatic N) is 3. The van der Waals surface area contributed by atoms with Crippen molar-refractivity contribution in [3.8, 4) is 16.9 Å². The van der Waals surface area contributed by atoms with E-state index in [0.717, 1.165) is 34.4 Å². The van der Waals surface area contributed by atoms with E-state index in [1.807, 2.05) is 26.0 Å². The summed E-state index contributed by atoms with van der Waals surface area (Å²) in [5.41, 5.74) is 9.73. The first-order chi connectivity index (χ1) is 15.4. The summed E-state index contributed by atoms with van der Waals surface area (Å²) in [6.07, 6.45) is 8.09. The van der Waals surface area contributed by atoms with Gasteiger partial charge in [-0.1, -0.05) is 0 Å². The molecule has 1 unspecified atom stereocenters. The van der Waals surface area contributed by atoms with Crippen molar-refractivity contribution in [3.05, 3.63) is 72.3 Å². The molecule has 0 spiro atoms. The number of benzene rings is 1. The Bertz CT molecular complexity index is 1230. The van der Waals surface area contributed by atoms with E-state index in [1.165, 1.54) is 12.6 Å². The van der Waals surface area contributed by atoms with E-state index in [4.69, 9.17) is 15.2 Å². The Morgan fingerprint density at radius 2 is 2.06 bits per heavy atom. The van der Waals surface area contributed by atoms with E-state index in [-0.39, 0.29) is 11.5 Å². The number of carbonyl (C=O) groups is 1. The van der Waals surface area contributed by atoms with Crippen LogP contribution in [0.5, 0.6) is 5.75 Å². The number of rotatable bonds is 4. The van der Waals surface area contributed by atoms with Crippen LogP contribution >= 0.6 is 0 Å². The van der Waals surface area contributed by atoms with Gasteiger partial charge in [0.1, 0.15) is 35.5 Å². The Balaban J connectivity index is 1.41. The second-order valence-corrected chi connectivity index (χ2v) is 8.33. The minimum atomic E-state index is -0.516. The number of hydrogen-bond acceptors (Lipinski definition) is 8. The number of nitrogens with one attached hydrogen (secondary N) is 2. The van der Waals surface area contributed by atoms with Crippen LogP contribution in [0.1, 0.15) is 31.2 Å². The Morgan fingerprint density at radius 3 is 2.84 bits per heavy atom. The molecule has 0 bridgehead atoms. The molecule has 32 heavy (non-hydrogen) atoms. The molecule has 0 fully saturated rings. The Kier molecular flexibility index (Phi) is 4.66. The van der Waals surface area contributed by atoms with Crippen LogP contribution in [0.2, 0.25) is 0 Å². The zero-order valence-corrected chi connectivity index (χ0v) is 17.6. The van der Waals surface area contributed by atoms with Crippen molar-refractivity contribution < 1.29 is 14.3 Å². The maximum absolute atomic E-state index is 13.0. The SMILES string of the molecule is CC1(C)Cc2cc(NC(=O)C3=COC(c4ccnc(N)c4)N3)c(-c3cncnc3)cc2O1. The van der Waals surface area contributed by atoms with Crippen LogP contribution in [0, 0.1) is 0 Å². The average Bonchev–Trinajstić information content (AvgIpc) is 3.37. The van der Waals surface area contributed by atoms with Crippen molar-refractivity contribution in [2.24, 2.45) is 0 Å². The number of nitrogen functional groups attached to an aromatic ring is 1. The molecular formula is C23H22N6O3. The molecule has 3 aromatic rings. The molecule has 1 atom stereocenters. The lowest BCUT2D eigenvalue weighted by Crippen LogP contribution is -2.25. The van der Waals surface area contributed by atoms with Crippen LogP contribution < -0.4 is 21.1 Å². The predicted molar refractivity (Wildman–Crippen MR) is 118 cm³/mol. The third-order valence-electron chi connectivity index (χ3n) is 5.28. The van der Waals surface area contributed by atoms with Crippen molar-refractivity contribution in [2.45, 2.75) is 32.1 Å². The Labute approximate surface area is 184 Å². The maximum Gasteiger partial charge on any atom is 0.275 e. The lowest BCUT2D eigenvalue weighted by Gasteiger charge is -2.17. The summed E-state index contributed by atoms with van der Waals surface area (Å²) < 4.78 is 11.7. The topological polar surface area (TPSA) is 124 Å². The second-order valence-electron chi connectivity index (χ2n) is 8.33. The average molecular weight is 430 g/mol. The summed E-state index contributed by atoms with van der Waals surface area (Å²) in [7, 11) is 0. The third-order valence-corrected chi connectivity index (χ3v) is 5.28. The van der Waals surface area contributed by atoms with Crippen molar-refractivity contribution in [2.75, 3.05) is 11.1 Å². The van der Waals surface area contributed by atoms with Gasteiger partial charge >= 0.3 is 0 Å². The molecule has 2 aliphatic rings. The largest absolute Gasteiger partial charge is 0.487 e. The molecule has 9 nitrogen and oxygen atoms in total. The number of carbonyl (C=O) groups excluding carboxylic acids is 1. The summed E-state index contributed by atoms with van der Waals surface area (Å²) in [6, 6.07) is 7.34. The van der Waals surface area contributed by atoms with Gasteiger partial charge in [0, 0.05) is 53.0 Å². The number of ether oxygens (including phenoxy) is 2. The number of hydrogen-bond donors (Lipinski definition) is 3. The molecule has 162 valence electrons. The summed E-state index contributed by atoms with van der Waals surface area (Å²) in [5.74, 6) is 0.846. The summed E-state index contributed by atoms with van der Waals surface area (Å²) in [6.45, 7) is 4.07. The van der Waals surface area contributed by atoms with Crippen LogP contribution in [0.15, 0.2) is 61.1 Å². The van der Waals surface area contributed by atoms with E-state index >= 15 is 0 Å². The van der Waals surface area contributed by atoms with Crippen molar-refractivity contribution >= 4 is 17.4 Å². The standard InChI is InChI=1S/C23H22N6O3/c1-23(2)8-14-5-17(16(7-19(14)32-23)15-9-25-12-26-10-15)28-21(30)18-11-31-22(29-18)13-3-4-27-20(24)6-13/h3-7,9-12,22,29H,8H2,1-2H3,(H2,24,27)(H,28,30). The first-order valence-corrected chi connectivity index (χ1v) is 10.1. The number of anilines is 2. The highest BCUT2D eigenvalue weighted by atomic mass is 16.5. The number of aromatic nitrogens is 3. The minimum Gasteiger partial charge on any atom is -0.487 e. The minimum absolute atomic E-state index is 0.303. The molecule has 0 saturated carbocycles. The van der Waals surface area contributed by atoms with E-state index in [1.54, 1.807) is 30.7 Å². The van der Waals surface area contributed by atoms with Gasteiger partial charge in [-0.2, -0.15) is 0 Å². The second kappa shape index (κ2) is 7.52. The third kappa shape index (κ3) is 3.80. The van der Waals surface area contributed by atoms with Gasteiger partial charge in [-0.05, 0) is 38.1 Å². The predicted octanol–water partition coefficient (Wildman–Crippen LogP) is 2.93. The van der Waals surface area contributed by atoms with Gasteiger partial charge in [0.05, 0.1) is 0 Å². The molecule has 1 aromatic carbocycles. The highest BCUT2D eigenvalue weighted by Gasteiger charge is 2.32. The Morgan fingerprint density at radius 1 is 1.25 bits per heavy atom. The number of fused-ring (bicyclic) bond motifs is 1. The molecular weight excluding hydrogens is 408 g/mol. The first kappa shape index (κ1) is 19.8. The van der Waals surface area contributed by atoms with Crippen LogP contribution in [0.25, 0.3) is 11.1 Å². The summed E-state index contributed by atoms with van der Waals surface area (Å²) >= 11 is 0. The van der Waals surface area contributed by atoms with Gasteiger partial charge in [0.2, 0.25) is 0 Å². The Hall–Kier alpha value is -4.14. The van der Waals surface area contributed by atoms with E-state index in [9.17, 15) is 4.79 Å². The quantitative estimate of drug-likeness (QED) is 0.577. The van der Waals surface area contributed by atoms with E-state index in [0.29, 0.717) is 17.2 Å². The van der Waals surface area contributed by atoms with Gasteiger partial charge < -0.3 is 25.8 Å². The fourth-order valence-electron chi connectivity index (χ4n) is 3.88. The van der Waals surface area contributed by atoms with Crippen LogP contribution in [-0.2, 0) is 16.0 Å². The molecule has 1 amide bonds. The highest BCUT2D eigenvalue weighted by molar-refractivity contribution is 6.05. The van der Waals surface area contributed by atoms with Gasteiger partial charge in [-0.15, -0.1) is 0 Å². The maximum atomic E-state index is 13.0.